The third kappa shape index (κ3) is 5.63. The van der Waals surface area contributed by atoms with Gasteiger partial charge in [0.05, 0.1) is 16.8 Å². The fourth-order valence-electron chi connectivity index (χ4n) is 2.44. The van der Waals surface area contributed by atoms with Gasteiger partial charge >= 0.3 is 0 Å². The van der Waals surface area contributed by atoms with Gasteiger partial charge in [0.1, 0.15) is 12.4 Å². The lowest BCUT2D eigenvalue weighted by Crippen LogP contribution is -2.26. The molecule has 0 unspecified atom stereocenters. The Morgan fingerprint density at radius 1 is 1.10 bits per heavy atom. The van der Waals surface area contributed by atoms with Crippen LogP contribution in [-0.4, -0.2) is 54.2 Å². The molecule has 0 atom stereocenters. The number of nitrogens with zero attached hydrogens (tertiary/aromatic N) is 4. The van der Waals surface area contributed by atoms with Crippen molar-refractivity contribution >= 4 is 33.2 Å². The van der Waals surface area contributed by atoms with Gasteiger partial charge in [-0.15, -0.1) is 5.10 Å². The van der Waals surface area contributed by atoms with Crippen molar-refractivity contribution < 1.29 is 22.4 Å². The number of carbonyl (C=O) groups is 2. The van der Waals surface area contributed by atoms with Crippen LogP contribution in [0.15, 0.2) is 59.6 Å². The standard InChI is InChI=1S/C19H19FN6O4S/c1-25(2)18(27)12-26-11-17(22-24-26)19(28)21-14-6-8-16(9-7-14)31(29,30)23-15-5-3-4-13(20)10-15/h3-11,23H,12H2,1-2H3,(H,21,28). The lowest BCUT2D eigenvalue weighted by Gasteiger charge is -2.09. The van der Waals surface area contributed by atoms with E-state index in [4.69, 9.17) is 0 Å². The molecule has 1 heterocycles. The van der Waals surface area contributed by atoms with E-state index in [1.165, 1.54) is 58.2 Å². The third-order valence-corrected chi connectivity index (χ3v) is 5.46. The first-order chi connectivity index (χ1) is 14.6. The van der Waals surface area contributed by atoms with Crippen molar-refractivity contribution in [1.29, 1.82) is 0 Å². The molecular weight excluding hydrogens is 427 g/mol. The van der Waals surface area contributed by atoms with Gasteiger partial charge < -0.3 is 10.2 Å². The Morgan fingerprint density at radius 2 is 1.81 bits per heavy atom. The zero-order valence-corrected chi connectivity index (χ0v) is 17.4. The van der Waals surface area contributed by atoms with Crippen molar-refractivity contribution in [2.75, 3.05) is 24.1 Å². The summed E-state index contributed by atoms with van der Waals surface area (Å²) in [5, 5.41) is 10.0. The van der Waals surface area contributed by atoms with Crippen LogP contribution in [0.3, 0.4) is 0 Å². The van der Waals surface area contributed by atoms with Gasteiger partial charge in [0.2, 0.25) is 5.91 Å². The molecule has 31 heavy (non-hydrogen) atoms. The van der Waals surface area contributed by atoms with Crippen molar-refractivity contribution in [2.45, 2.75) is 11.4 Å². The predicted molar refractivity (Wildman–Crippen MR) is 110 cm³/mol. The van der Waals surface area contributed by atoms with Crippen LogP contribution in [-0.2, 0) is 21.4 Å². The lowest BCUT2D eigenvalue weighted by atomic mass is 10.3. The molecule has 2 N–H and O–H groups in total. The summed E-state index contributed by atoms with van der Waals surface area (Å²) in [4.78, 5) is 25.3. The highest BCUT2D eigenvalue weighted by Gasteiger charge is 2.16. The van der Waals surface area contributed by atoms with E-state index in [1.807, 2.05) is 0 Å². The molecule has 3 rings (SSSR count). The maximum absolute atomic E-state index is 13.3. The molecule has 0 aliphatic carbocycles. The third-order valence-electron chi connectivity index (χ3n) is 4.07. The molecule has 3 aromatic rings. The van der Waals surface area contributed by atoms with Crippen molar-refractivity contribution in [3.05, 3.63) is 66.2 Å². The summed E-state index contributed by atoms with van der Waals surface area (Å²) in [5.74, 6) is -1.35. The molecule has 0 bridgehead atoms. The normalized spacial score (nSPS) is 11.1. The average molecular weight is 446 g/mol. The molecule has 1 aromatic heterocycles. The quantitative estimate of drug-likeness (QED) is 0.567. The van der Waals surface area contributed by atoms with E-state index >= 15 is 0 Å². The highest BCUT2D eigenvalue weighted by Crippen LogP contribution is 2.19. The van der Waals surface area contributed by atoms with Crippen LogP contribution in [0, 0.1) is 5.82 Å². The number of rotatable bonds is 7. The van der Waals surface area contributed by atoms with Crippen LogP contribution in [0.25, 0.3) is 0 Å². The van der Waals surface area contributed by atoms with Gasteiger partial charge in [-0.25, -0.2) is 17.5 Å². The fourth-order valence-corrected chi connectivity index (χ4v) is 3.49. The van der Waals surface area contributed by atoms with Gasteiger partial charge in [0.25, 0.3) is 15.9 Å². The van der Waals surface area contributed by atoms with Crippen LogP contribution >= 0.6 is 0 Å². The van der Waals surface area contributed by atoms with Gasteiger partial charge in [-0.2, -0.15) is 0 Å². The maximum atomic E-state index is 13.3. The first kappa shape index (κ1) is 21.9. The first-order valence-corrected chi connectivity index (χ1v) is 10.4. The molecule has 0 spiro atoms. The van der Waals surface area contributed by atoms with Crippen LogP contribution in [0.5, 0.6) is 0 Å². The predicted octanol–water partition coefficient (Wildman–Crippen LogP) is 1.56. The second-order valence-corrected chi connectivity index (χ2v) is 8.37. The van der Waals surface area contributed by atoms with E-state index in [0.29, 0.717) is 5.69 Å². The van der Waals surface area contributed by atoms with Crippen molar-refractivity contribution in [3.8, 4) is 0 Å². The Hall–Kier alpha value is -3.80. The number of benzene rings is 2. The average Bonchev–Trinajstić information content (AvgIpc) is 3.16. The molecule has 0 radical (unpaired) electrons. The molecule has 0 aliphatic rings. The molecular formula is C19H19FN6O4S. The highest BCUT2D eigenvalue weighted by atomic mass is 32.2. The first-order valence-electron chi connectivity index (χ1n) is 8.94. The summed E-state index contributed by atoms with van der Waals surface area (Å²) >= 11 is 0. The summed E-state index contributed by atoms with van der Waals surface area (Å²) in [6.45, 7) is -0.0574. The van der Waals surface area contributed by atoms with Crippen LogP contribution in [0.4, 0.5) is 15.8 Å². The van der Waals surface area contributed by atoms with E-state index in [1.54, 1.807) is 14.1 Å². The number of halogens is 1. The second kappa shape index (κ2) is 8.92. The molecule has 0 saturated heterocycles. The minimum atomic E-state index is -3.93. The number of carbonyl (C=O) groups excluding carboxylic acids is 2. The van der Waals surface area contributed by atoms with Crippen molar-refractivity contribution in [3.63, 3.8) is 0 Å². The minimum Gasteiger partial charge on any atom is -0.347 e. The molecule has 0 aliphatic heterocycles. The van der Waals surface area contributed by atoms with E-state index in [9.17, 15) is 22.4 Å². The topological polar surface area (TPSA) is 126 Å². The molecule has 12 heteroatoms. The summed E-state index contributed by atoms with van der Waals surface area (Å²) in [7, 11) is -0.731. The van der Waals surface area contributed by atoms with Crippen molar-refractivity contribution in [2.24, 2.45) is 0 Å². The largest absolute Gasteiger partial charge is 0.347 e. The van der Waals surface area contributed by atoms with Gasteiger partial charge in [-0.3, -0.25) is 14.3 Å². The van der Waals surface area contributed by atoms with Gasteiger partial charge in [-0.1, -0.05) is 11.3 Å². The Balaban J connectivity index is 1.65. The molecule has 0 saturated carbocycles. The number of sulfonamides is 1. The molecule has 0 fully saturated rings. The number of nitrogens with one attached hydrogen (secondary N) is 2. The highest BCUT2D eigenvalue weighted by molar-refractivity contribution is 7.92. The molecule has 2 amide bonds. The molecule has 10 nitrogen and oxygen atoms in total. The summed E-state index contributed by atoms with van der Waals surface area (Å²) in [6, 6.07) is 10.5. The SMILES string of the molecule is CN(C)C(=O)Cn1cc(C(=O)Nc2ccc(S(=O)(=O)Nc3cccc(F)c3)cc2)nn1. The molecule has 2 aromatic carbocycles. The number of hydrogen-bond acceptors (Lipinski definition) is 6. The summed E-state index contributed by atoms with van der Waals surface area (Å²) < 4.78 is 41.6. The number of hydrogen-bond donors (Lipinski definition) is 2. The molecule has 162 valence electrons. The van der Waals surface area contributed by atoms with E-state index in [-0.39, 0.29) is 28.7 Å². The van der Waals surface area contributed by atoms with E-state index in [2.05, 4.69) is 20.4 Å². The zero-order chi connectivity index (χ0) is 22.6. The van der Waals surface area contributed by atoms with E-state index in [0.717, 1.165) is 6.07 Å². The Morgan fingerprint density at radius 3 is 2.45 bits per heavy atom. The fraction of sp³-hybridized carbons (Fsp3) is 0.158. The number of likely N-dealkylation sites (N-methyl/N-ethyl adjacent to an activating group) is 1. The Labute approximate surface area is 177 Å². The second-order valence-electron chi connectivity index (χ2n) is 6.68. The Kier molecular flexibility index (Phi) is 6.30. The zero-order valence-electron chi connectivity index (χ0n) is 16.6. The lowest BCUT2D eigenvalue weighted by molar-refractivity contribution is -0.129. The van der Waals surface area contributed by atoms with E-state index < -0.39 is 21.7 Å². The number of aromatic nitrogens is 3. The maximum Gasteiger partial charge on any atom is 0.277 e. The summed E-state index contributed by atoms with van der Waals surface area (Å²) in [6.07, 6.45) is 1.33. The van der Waals surface area contributed by atoms with Crippen LogP contribution in [0.2, 0.25) is 0 Å². The van der Waals surface area contributed by atoms with Gasteiger partial charge in [0.15, 0.2) is 5.69 Å². The minimum absolute atomic E-state index is 0.00368. The summed E-state index contributed by atoms with van der Waals surface area (Å²) in [5.41, 5.74) is 0.415. The van der Waals surface area contributed by atoms with Gasteiger partial charge in [0, 0.05) is 19.8 Å². The monoisotopic (exact) mass is 446 g/mol. The van der Waals surface area contributed by atoms with Crippen molar-refractivity contribution in [1.82, 2.24) is 19.9 Å². The van der Waals surface area contributed by atoms with Crippen LogP contribution in [0.1, 0.15) is 10.5 Å². The number of anilines is 2. The number of amides is 2. The van der Waals surface area contributed by atoms with Crippen LogP contribution < -0.4 is 10.0 Å². The van der Waals surface area contributed by atoms with Gasteiger partial charge in [-0.05, 0) is 42.5 Å². The Bertz CT molecular complexity index is 1210. The smallest absolute Gasteiger partial charge is 0.277 e.